The van der Waals surface area contributed by atoms with Crippen LogP contribution in [0.25, 0.3) is 0 Å². The predicted molar refractivity (Wildman–Crippen MR) is 122 cm³/mol. The smallest absolute Gasteiger partial charge is 0.421 e. The van der Waals surface area contributed by atoms with Gasteiger partial charge in [-0.1, -0.05) is 41.9 Å². The number of hydrogen-bond acceptors (Lipinski definition) is 6. The third-order valence-electron chi connectivity index (χ3n) is 6.35. The summed E-state index contributed by atoms with van der Waals surface area (Å²) in [6, 6.07) is 11.7. The molecule has 2 aliphatic rings. The minimum absolute atomic E-state index is 0.249. The minimum atomic E-state index is -1.83. The normalized spacial score (nSPS) is 28.8. The van der Waals surface area contributed by atoms with Crippen LogP contribution < -0.4 is 4.90 Å². The van der Waals surface area contributed by atoms with Crippen molar-refractivity contribution in [1.29, 1.82) is 0 Å². The standard InChI is InChI=1S/C24H25ClN2O6/c1-22(2,3)33-21(29)26-17-11-10-15(25)12-16(17)24(20(26)28)13-23(4,30)19(27(31)32)18(24)14-8-6-5-7-9-14/h5-12,18-19,30H,13H2,1-4H3/t18-,19-,23+,24-/m1/s1. The largest absolute Gasteiger partial charge is 0.443 e. The Morgan fingerprint density at radius 3 is 2.45 bits per heavy atom. The van der Waals surface area contributed by atoms with E-state index in [4.69, 9.17) is 16.3 Å². The van der Waals surface area contributed by atoms with Crippen LogP contribution in [0.1, 0.15) is 51.2 Å². The number of carbonyl (C=O) groups excluding carboxylic acids is 2. The summed E-state index contributed by atoms with van der Waals surface area (Å²) in [5, 5.41) is 23.8. The van der Waals surface area contributed by atoms with Gasteiger partial charge in [-0.15, -0.1) is 0 Å². The number of benzene rings is 2. The number of aliphatic hydroxyl groups is 1. The Morgan fingerprint density at radius 2 is 1.88 bits per heavy atom. The number of nitro groups is 1. The molecule has 0 unspecified atom stereocenters. The number of hydrogen-bond donors (Lipinski definition) is 1. The van der Waals surface area contributed by atoms with Crippen LogP contribution in [0.3, 0.4) is 0 Å². The van der Waals surface area contributed by atoms with Gasteiger partial charge in [-0.25, -0.2) is 9.69 Å². The van der Waals surface area contributed by atoms with Gasteiger partial charge in [-0.3, -0.25) is 14.9 Å². The van der Waals surface area contributed by atoms with Crippen molar-refractivity contribution in [2.24, 2.45) is 0 Å². The Morgan fingerprint density at radius 1 is 1.24 bits per heavy atom. The van der Waals surface area contributed by atoms with Crippen molar-refractivity contribution in [3.8, 4) is 0 Å². The molecule has 2 amide bonds. The van der Waals surface area contributed by atoms with Crippen molar-refractivity contribution < 1.29 is 24.4 Å². The highest BCUT2D eigenvalue weighted by Gasteiger charge is 2.72. The SMILES string of the molecule is CC(C)(C)OC(=O)N1C(=O)[C@]2(C[C@](C)(O)[C@H]([N+](=O)[O-])[C@H]2c2ccccc2)c2cc(Cl)ccc21. The van der Waals surface area contributed by atoms with Gasteiger partial charge in [-0.2, -0.15) is 0 Å². The maximum absolute atomic E-state index is 14.1. The number of ether oxygens (including phenoxy) is 1. The zero-order valence-electron chi connectivity index (χ0n) is 18.7. The van der Waals surface area contributed by atoms with Crippen LogP contribution in [0.2, 0.25) is 5.02 Å². The maximum atomic E-state index is 14.1. The summed E-state index contributed by atoms with van der Waals surface area (Å²) in [5.74, 6) is -1.71. The first-order valence-electron chi connectivity index (χ1n) is 10.6. The lowest BCUT2D eigenvalue weighted by atomic mass is 9.69. The van der Waals surface area contributed by atoms with Gasteiger partial charge in [0, 0.05) is 16.4 Å². The second-order valence-corrected chi connectivity index (χ2v) is 10.3. The number of carbonyl (C=O) groups is 2. The number of imide groups is 1. The third kappa shape index (κ3) is 3.57. The van der Waals surface area contributed by atoms with Crippen molar-refractivity contribution >= 4 is 29.3 Å². The molecule has 8 nitrogen and oxygen atoms in total. The number of amides is 2. The molecular formula is C24H25ClN2O6. The van der Waals surface area contributed by atoms with Crippen molar-refractivity contribution in [1.82, 2.24) is 0 Å². The first-order chi connectivity index (χ1) is 15.3. The molecule has 0 aromatic heterocycles. The highest BCUT2D eigenvalue weighted by atomic mass is 35.5. The van der Waals surface area contributed by atoms with E-state index in [1.54, 1.807) is 63.2 Å². The second kappa shape index (κ2) is 7.53. The molecule has 0 radical (unpaired) electrons. The predicted octanol–water partition coefficient (Wildman–Crippen LogP) is 4.44. The number of rotatable bonds is 2. The van der Waals surface area contributed by atoms with E-state index in [0.717, 1.165) is 4.90 Å². The highest BCUT2D eigenvalue weighted by molar-refractivity contribution is 6.31. The summed E-state index contributed by atoms with van der Waals surface area (Å²) in [7, 11) is 0. The quantitative estimate of drug-likeness (QED) is 0.511. The summed E-state index contributed by atoms with van der Waals surface area (Å²) < 4.78 is 5.49. The fourth-order valence-electron chi connectivity index (χ4n) is 5.33. The van der Waals surface area contributed by atoms with E-state index in [-0.39, 0.29) is 12.1 Å². The van der Waals surface area contributed by atoms with Crippen molar-refractivity contribution in [2.75, 3.05) is 4.90 Å². The van der Waals surface area contributed by atoms with Crippen molar-refractivity contribution in [3.63, 3.8) is 0 Å². The van der Waals surface area contributed by atoms with E-state index < -0.39 is 45.5 Å². The van der Waals surface area contributed by atoms with Crippen molar-refractivity contribution in [3.05, 3.63) is 74.8 Å². The summed E-state index contributed by atoms with van der Waals surface area (Å²) in [6.07, 6.45) is -1.14. The van der Waals surface area contributed by atoms with Crippen LogP contribution in [-0.4, -0.2) is 39.3 Å². The molecule has 1 aliphatic carbocycles. The van der Waals surface area contributed by atoms with Crippen molar-refractivity contribution in [2.45, 2.75) is 62.7 Å². The first kappa shape index (κ1) is 23.2. The molecule has 4 atom stereocenters. The van der Waals surface area contributed by atoms with E-state index in [9.17, 15) is 24.8 Å². The Balaban J connectivity index is 2.00. The van der Waals surface area contributed by atoms with Gasteiger partial charge in [0.1, 0.15) is 11.2 Å². The number of nitrogens with zero attached hydrogens (tertiary/aromatic N) is 2. The average Bonchev–Trinajstić information content (AvgIpc) is 3.09. The van der Waals surface area contributed by atoms with E-state index in [1.165, 1.54) is 13.0 Å². The monoisotopic (exact) mass is 472 g/mol. The van der Waals surface area contributed by atoms with Crippen LogP contribution in [0, 0.1) is 10.1 Å². The molecule has 2 aromatic carbocycles. The zero-order chi connectivity index (χ0) is 24.3. The van der Waals surface area contributed by atoms with Crippen LogP contribution in [-0.2, 0) is 14.9 Å². The van der Waals surface area contributed by atoms with Gasteiger partial charge in [0.25, 0.3) is 0 Å². The van der Waals surface area contributed by atoms with Gasteiger partial charge in [0.05, 0.1) is 17.0 Å². The maximum Gasteiger partial charge on any atom is 0.421 e. The van der Waals surface area contributed by atoms with Gasteiger partial charge in [0.15, 0.2) is 0 Å². The highest BCUT2D eigenvalue weighted by Crippen LogP contribution is 2.61. The topological polar surface area (TPSA) is 110 Å². The van der Waals surface area contributed by atoms with Crippen LogP contribution in [0.15, 0.2) is 48.5 Å². The summed E-state index contributed by atoms with van der Waals surface area (Å²) in [6.45, 7) is 6.40. The zero-order valence-corrected chi connectivity index (χ0v) is 19.5. The average molecular weight is 473 g/mol. The molecule has 1 saturated carbocycles. The summed E-state index contributed by atoms with van der Waals surface area (Å²) >= 11 is 6.29. The molecule has 0 bridgehead atoms. The molecule has 4 rings (SSSR count). The Bertz CT molecular complexity index is 1140. The second-order valence-electron chi connectivity index (χ2n) is 9.91. The Kier molecular flexibility index (Phi) is 5.29. The fraction of sp³-hybridized carbons (Fsp3) is 0.417. The van der Waals surface area contributed by atoms with Crippen LogP contribution >= 0.6 is 11.6 Å². The molecule has 1 aliphatic heterocycles. The lowest BCUT2D eigenvalue weighted by Crippen LogP contribution is -2.48. The first-order valence-corrected chi connectivity index (χ1v) is 11.0. The van der Waals surface area contributed by atoms with Crippen LogP contribution in [0.4, 0.5) is 10.5 Å². The van der Waals surface area contributed by atoms with Gasteiger partial charge >= 0.3 is 6.09 Å². The van der Waals surface area contributed by atoms with E-state index >= 15 is 0 Å². The molecule has 1 spiro atoms. The lowest BCUT2D eigenvalue weighted by Gasteiger charge is -2.31. The molecule has 1 fully saturated rings. The molecule has 1 heterocycles. The number of fused-ring (bicyclic) bond motifs is 2. The lowest BCUT2D eigenvalue weighted by molar-refractivity contribution is -0.543. The summed E-state index contributed by atoms with van der Waals surface area (Å²) in [5.41, 5.74) is -3.16. The third-order valence-corrected chi connectivity index (χ3v) is 6.58. The number of halogens is 1. The molecule has 174 valence electrons. The molecular weight excluding hydrogens is 448 g/mol. The molecule has 33 heavy (non-hydrogen) atoms. The molecule has 1 N–H and O–H groups in total. The van der Waals surface area contributed by atoms with E-state index in [0.29, 0.717) is 16.1 Å². The number of anilines is 1. The molecule has 2 aromatic rings. The molecule has 9 heteroatoms. The Labute approximate surface area is 196 Å². The van der Waals surface area contributed by atoms with Gasteiger partial charge in [-0.05, 0) is 57.0 Å². The Hall–Kier alpha value is -2.97. The van der Waals surface area contributed by atoms with E-state index in [1.807, 2.05) is 0 Å². The molecule has 0 saturated heterocycles. The fourth-order valence-corrected chi connectivity index (χ4v) is 5.50. The van der Waals surface area contributed by atoms with Crippen LogP contribution in [0.5, 0.6) is 0 Å². The summed E-state index contributed by atoms with van der Waals surface area (Å²) in [4.78, 5) is 39.9. The minimum Gasteiger partial charge on any atom is -0.443 e. The van der Waals surface area contributed by atoms with Gasteiger partial charge < -0.3 is 9.84 Å². The van der Waals surface area contributed by atoms with E-state index in [2.05, 4.69) is 0 Å². The van der Waals surface area contributed by atoms with Gasteiger partial charge in [0.2, 0.25) is 11.9 Å².